The van der Waals surface area contributed by atoms with Crippen molar-refractivity contribution in [2.24, 2.45) is 5.10 Å². The molecule has 3 aromatic rings. The number of halogens is 3. The van der Waals surface area contributed by atoms with Gasteiger partial charge in [-0.2, -0.15) is 18.3 Å². The lowest BCUT2D eigenvalue weighted by Gasteiger charge is -2.09. The Morgan fingerprint density at radius 1 is 0.765 bits per heavy atom. The maximum Gasteiger partial charge on any atom is 0.416 e. The molecule has 0 aliphatic carbocycles. The zero-order chi connectivity index (χ0) is 25.1. The molecule has 0 bridgehead atoms. The number of methoxy groups -OCH3 is 4. The molecular weight excluding hydrogens is 451 g/mol. The van der Waals surface area contributed by atoms with Crippen molar-refractivity contribution in [3.05, 3.63) is 71.8 Å². The third-order valence-corrected chi connectivity index (χ3v) is 4.49. The van der Waals surface area contributed by atoms with Gasteiger partial charge in [0.05, 0.1) is 51.6 Å². The number of alkyl halides is 3. The summed E-state index contributed by atoms with van der Waals surface area (Å²) in [6, 6.07) is 15.1. The molecule has 0 spiro atoms. The molecule has 34 heavy (non-hydrogen) atoms. The van der Waals surface area contributed by atoms with Crippen molar-refractivity contribution in [2.45, 2.75) is 6.18 Å². The van der Waals surface area contributed by atoms with Crippen LogP contribution in [0.3, 0.4) is 0 Å². The first-order chi connectivity index (χ1) is 16.2. The van der Waals surface area contributed by atoms with E-state index in [0.29, 0.717) is 34.2 Å². The molecule has 0 fully saturated rings. The molecule has 0 heterocycles. The van der Waals surface area contributed by atoms with Gasteiger partial charge in [-0.15, -0.1) is 0 Å². The summed E-state index contributed by atoms with van der Waals surface area (Å²) in [7, 11) is 6.24. The average Bonchev–Trinajstić information content (AvgIpc) is 2.84. The third-order valence-electron chi connectivity index (χ3n) is 4.49. The summed E-state index contributed by atoms with van der Waals surface area (Å²) < 4.78 is 57.7. The molecule has 7 nitrogen and oxygen atoms in total. The van der Waals surface area contributed by atoms with E-state index < -0.39 is 11.7 Å². The molecule has 0 aromatic heterocycles. The van der Waals surface area contributed by atoms with Crippen LogP contribution in [0.4, 0.5) is 24.5 Å². The summed E-state index contributed by atoms with van der Waals surface area (Å²) in [5.41, 5.74) is 9.42. The minimum atomic E-state index is -4.34. The Kier molecular flexibility index (Phi) is 9.42. The van der Waals surface area contributed by atoms with E-state index in [0.717, 1.165) is 17.9 Å². The van der Waals surface area contributed by atoms with Crippen molar-refractivity contribution in [3.8, 4) is 23.0 Å². The second kappa shape index (κ2) is 12.2. The topological polar surface area (TPSA) is 87.3 Å². The Morgan fingerprint density at radius 2 is 1.32 bits per heavy atom. The predicted molar refractivity (Wildman–Crippen MR) is 126 cm³/mol. The average molecular weight is 477 g/mol. The highest BCUT2D eigenvalue weighted by Crippen LogP contribution is 2.30. The molecule has 3 aromatic carbocycles. The molecule has 3 rings (SSSR count). The smallest absolute Gasteiger partial charge is 0.416 e. The molecule has 0 aliphatic heterocycles. The van der Waals surface area contributed by atoms with Gasteiger partial charge in [0, 0.05) is 12.1 Å². The van der Waals surface area contributed by atoms with Crippen molar-refractivity contribution in [2.75, 3.05) is 39.6 Å². The van der Waals surface area contributed by atoms with E-state index in [2.05, 4.69) is 10.5 Å². The molecule has 10 heteroatoms. The zero-order valence-corrected chi connectivity index (χ0v) is 19.1. The van der Waals surface area contributed by atoms with Crippen molar-refractivity contribution < 1.29 is 32.1 Å². The van der Waals surface area contributed by atoms with Gasteiger partial charge in [-0.25, -0.2) is 0 Å². The van der Waals surface area contributed by atoms with Crippen LogP contribution in [-0.4, -0.2) is 34.7 Å². The minimum absolute atomic E-state index is 0.536. The third kappa shape index (κ3) is 7.51. The number of ether oxygens (including phenoxy) is 4. The Bertz CT molecular complexity index is 1090. The molecule has 0 saturated heterocycles. The summed E-state index contributed by atoms with van der Waals surface area (Å²) in [6.07, 6.45) is -2.92. The van der Waals surface area contributed by atoms with Crippen LogP contribution in [0, 0.1) is 0 Å². The van der Waals surface area contributed by atoms with Gasteiger partial charge in [-0.05, 0) is 42.0 Å². The van der Waals surface area contributed by atoms with E-state index in [4.69, 9.17) is 24.7 Å². The molecule has 3 N–H and O–H groups in total. The molecule has 182 valence electrons. The van der Waals surface area contributed by atoms with E-state index in [1.807, 2.05) is 0 Å². The van der Waals surface area contributed by atoms with Gasteiger partial charge in [0.15, 0.2) is 0 Å². The predicted octanol–water partition coefficient (Wildman–Crippen LogP) is 5.45. The van der Waals surface area contributed by atoms with E-state index in [1.54, 1.807) is 57.7 Å². The first-order valence-corrected chi connectivity index (χ1v) is 9.87. The van der Waals surface area contributed by atoms with Gasteiger partial charge >= 0.3 is 6.18 Å². The van der Waals surface area contributed by atoms with Gasteiger partial charge in [0.1, 0.15) is 23.0 Å². The van der Waals surface area contributed by atoms with Gasteiger partial charge in [0.2, 0.25) is 0 Å². The molecule has 0 amide bonds. The van der Waals surface area contributed by atoms with Crippen LogP contribution in [0.25, 0.3) is 0 Å². The van der Waals surface area contributed by atoms with Gasteiger partial charge in [-0.1, -0.05) is 12.1 Å². The Hall–Kier alpha value is -4.08. The fourth-order valence-corrected chi connectivity index (χ4v) is 2.64. The van der Waals surface area contributed by atoms with Gasteiger partial charge in [-0.3, -0.25) is 5.43 Å². The Labute approximate surface area is 195 Å². The Balaban J connectivity index is 0.000000310. The fourth-order valence-electron chi connectivity index (χ4n) is 2.64. The number of nitrogens with two attached hydrogens (primary N) is 1. The van der Waals surface area contributed by atoms with Crippen LogP contribution in [0.15, 0.2) is 65.8 Å². The lowest BCUT2D eigenvalue weighted by atomic mass is 10.1. The number of benzene rings is 3. The minimum Gasteiger partial charge on any atom is -0.497 e. The number of hydrogen-bond donors (Lipinski definition) is 2. The first-order valence-electron chi connectivity index (χ1n) is 9.87. The molecular formula is C24H26F3N3O4. The molecule has 0 saturated carbocycles. The van der Waals surface area contributed by atoms with Crippen LogP contribution in [0.1, 0.15) is 11.1 Å². The normalized spacial score (nSPS) is 10.8. The first kappa shape index (κ1) is 26.2. The van der Waals surface area contributed by atoms with Gasteiger partial charge in [0.25, 0.3) is 0 Å². The molecule has 0 atom stereocenters. The maximum absolute atomic E-state index is 12.5. The van der Waals surface area contributed by atoms with Crippen molar-refractivity contribution in [3.63, 3.8) is 0 Å². The highest BCUT2D eigenvalue weighted by atomic mass is 19.4. The van der Waals surface area contributed by atoms with Crippen molar-refractivity contribution in [1.29, 1.82) is 0 Å². The maximum atomic E-state index is 12.5. The highest BCUT2D eigenvalue weighted by molar-refractivity contribution is 5.80. The highest BCUT2D eigenvalue weighted by Gasteiger charge is 2.29. The van der Waals surface area contributed by atoms with Crippen LogP contribution < -0.4 is 30.1 Å². The lowest BCUT2D eigenvalue weighted by Crippen LogP contribution is -2.04. The monoisotopic (exact) mass is 477 g/mol. The number of hydrazone groups is 1. The van der Waals surface area contributed by atoms with Crippen molar-refractivity contribution >= 4 is 17.6 Å². The van der Waals surface area contributed by atoms with Crippen molar-refractivity contribution in [1.82, 2.24) is 0 Å². The molecule has 0 radical (unpaired) electrons. The van der Waals surface area contributed by atoms with Crippen LogP contribution >= 0.6 is 0 Å². The zero-order valence-electron chi connectivity index (χ0n) is 19.1. The number of nitrogens with zero attached hydrogens (tertiary/aromatic N) is 1. The van der Waals surface area contributed by atoms with Gasteiger partial charge < -0.3 is 24.7 Å². The van der Waals surface area contributed by atoms with Crippen LogP contribution in [0.5, 0.6) is 23.0 Å². The summed E-state index contributed by atoms with van der Waals surface area (Å²) >= 11 is 0. The lowest BCUT2D eigenvalue weighted by molar-refractivity contribution is -0.137. The number of nitrogen functional groups attached to an aromatic ring is 1. The van der Waals surface area contributed by atoms with E-state index in [1.165, 1.54) is 25.5 Å². The van der Waals surface area contributed by atoms with Crippen LogP contribution in [0.2, 0.25) is 0 Å². The summed E-state index contributed by atoms with van der Waals surface area (Å²) in [6.45, 7) is 0. The number of nitrogens with one attached hydrogen (secondary N) is 1. The Morgan fingerprint density at radius 3 is 1.85 bits per heavy atom. The molecule has 0 aliphatic rings. The SMILES string of the molecule is COc1ccc(N)c(OC)c1.COc1ccc(N/N=C/c2ccc(C(F)(F)F)cc2)c(OC)c1. The van der Waals surface area contributed by atoms with E-state index in [-0.39, 0.29) is 0 Å². The standard InChI is InChI=1S/C16H15F3N2O2.C8H11NO2/c1-22-13-7-8-14(15(9-13)23-2)21-20-10-11-3-5-12(6-4-11)16(17,18)19;1-10-6-3-4-7(9)8(5-6)11-2/h3-10,21H,1-2H3;3-5H,9H2,1-2H3/b20-10+;. The van der Waals surface area contributed by atoms with E-state index >= 15 is 0 Å². The summed E-state index contributed by atoms with van der Waals surface area (Å²) in [5, 5.41) is 3.99. The van der Waals surface area contributed by atoms with E-state index in [9.17, 15) is 13.2 Å². The molecule has 0 unspecified atom stereocenters. The second-order valence-electron chi connectivity index (χ2n) is 6.66. The van der Waals surface area contributed by atoms with Crippen LogP contribution in [-0.2, 0) is 6.18 Å². The summed E-state index contributed by atoms with van der Waals surface area (Å²) in [4.78, 5) is 0. The number of rotatable bonds is 7. The number of hydrogen-bond acceptors (Lipinski definition) is 7. The second-order valence-corrected chi connectivity index (χ2v) is 6.66. The summed E-state index contributed by atoms with van der Waals surface area (Å²) in [5.74, 6) is 2.56. The number of anilines is 2. The quantitative estimate of drug-likeness (QED) is 0.267. The largest absolute Gasteiger partial charge is 0.497 e. The fraction of sp³-hybridized carbons (Fsp3) is 0.208.